The quantitative estimate of drug-likeness (QED) is 0.459. The van der Waals surface area contributed by atoms with E-state index in [0.29, 0.717) is 23.8 Å². The second-order valence-corrected chi connectivity index (χ2v) is 6.67. The minimum absolute atomic E-state index is 0.0748. The van der Waals surface area contributed by atoms with E-state index in [9.17, 15) is 14.9 Å². The zero-order chi connectivity index (χ0) is 21.4. The van der Waals surface area contributed by atoms with Crippen molar-refractivity contribution < 1.29 is 19.2 Å². The summed E-state index contributed by atoms with van der Waals surface area (Å²) >= 11 is 0. The molecule has 8 nitrogen and oxygen atoms in total. The zero-order valence-electron chi connectivity index (χ0n) is 17.1. The van der Waals surface area contributed by atoms with Crippen molar-refractivity contribution in [2.45, 2.75) is 39.3 Å². The van der Waals surface area contributed by atoms with E-state index >= 15 is 0 Å². The van der Waals surface area contributed by atoms with Crippen molar-refractivity contribution in [3.63, 3.8) is 0 Å². The van der Waals surface area contributed by atoms with Gasteiger partial charge in [0.1, 0.15) is 0 Å². The lowest BCUT2D eigenvalue weighted by Gasteiger charge is -2.21. The average Bonchev–Trinajstić information content (AvgIpc) is 2.72. The fourth-order valence-electron chi connectivity index (χ4n) is 2.78. The molecular formula is C21H27N3O5. The van der Waals surface area contributed by atoms with Crippen LogP contribution >= 0.6 is 0 Å². The van der Waals surface area contributed by atoms with E-state index in [4.69, 9.17) is 9.47 Å². The van der Waals surface area contributed by atoms with Gasteiger partial charge in [0.25, 0.3) is 5.69 Å². The number of rotatable bonds is 10. The van der Waals surface area contributed by atoms with E-state index in [1.165, 1.54) is 18.2 Å². The van der Waals surface area contributed by atoms with Gasteiger partial charge in [-0.25, -0.2) is 0 Å². The number of hydrogen-bond acceptors (Lipinski definition) is 6. The van der Waals surface area contributed by atoms with Crippen LogP contribution in [0.25, 0.3) is 0 Å². The summed E-state index contributed by atoms with van der Waals surface area (Å²) < 4.78 is 11.1. The summed E-state index contributed by atoms with van der Waals surface area (Å²) in [5, 5.41) is 16.8. The molecule has 0 aliphatic heterocycles. The molecule has 0 bridgehead atoms. The Morgan fingerprint density at radius 3 is 2.59 bits per heavy atom. The first-order valence-electron chi connectivity index (χ1n) is 9.47. The van der Waals surface area contributed by atoms with E-state index in [1.54, 1.807) is 20.1 Å². The summed E-state index contributed by atoms with van der Waals surface area (Å²) in [6, 6.07) is 10.9. The molecule has 0 spiro atoms. The van der Waals surface area contributed by atoms with Crippen molar-refractivity contribution in [3.8, 4) is 11.5 Å². The van der Waals surface area contributed by atoms with Crippen LogP contribution in [0.5, 0.6) is 11.5 Å². The standard InChI is InChI=1S/C21H27N3O5/c1-5-11-29-19-10-9-16(12-20(19)28-4)14(2)22-15(3)21(25)23-17-7-6-8-18(13-17)24(26)27/h6-10,12-15,22H,5,11H2,1-4H3,(H,23,25). The van der Waals surface area contributed by atoms with E-state index in [0.717, 1.165) is 12.0 Å². The van der Waals surface area contributed by atoms with Crippen molar-refractivity contribution in [1.29, 1.82) is 0 Å². The number of nitrogens with zero attached hydrogens (tertiary/aromatic N) is 1. The topological polar surface area (TPSA) is 103 Å². The van der Waals surface area contributed by atoms with Crippen molar-refractivity contribution in [1.82, 2.24) is 5.32 Å². The minimum Gasteiger partial charge on any atom is -0.493 e. The van der Waals surface area contributed by atoms with Gasteiger partial charge in [0.2, 0.25) is 5.91 Å². The molecule has 2 atom stereocenters. The van der Waals surface area contributed by atoms with Gasteiger partial charge in [-0.2, -0.15) is 0 Å². The van der Waals surface area contributed by atoms with Crippen LogP contribution in [0.1, 0.15) is 38.8 Å². The lowest BCUT2D eigenvalue weighted by molar-refractivity contribution is -0.384. The number of carbonyl (C=O) groups excluding carboxylic acids is 1. The Hall–Kier alpha value is -3.13. The Morgan fingerprint density at radius 1 is 1.17 bits per heavy atom. The van der Waals surface area contributed by atoms with E-state index in [2.05, 4.69) is 10.6 Å². The van der Waals surface area contributed by atoms with Crippen LogP contribution in [0.3, 0.4) is 0 Å². The molecule has 0 fully saturated rings. The maximum atomic E-state index is 12.5. The molecule has 0 saturated carbocycles. The number of non-ortho nitro benzene ring substituents is 1. The van der Waals surface area contributed by atoms with Crippen LogP contribution in [0.4, 0.5) is 11.4 Å². The van der Waals surface area contributed by atoms with Gasteiger partial charge in [0, 0.05) is 23.9 Å². The summed E-state index contributed by atoms with van der Waals surface area (Å²) in [7, 11) is 1.59. The van der Waals surface area contributed by atoms with E-state index in [-0.39, 0.29) is 17.6 Å². The first kappa shape index (κ1) is 22.2. The molecule has 0 radical (unpaired) electrons. The van der Waals surface area contributed by atoms with E-state index in [1.807, 2.05) is 32.0 Å². The third kappa shape index (κ3) is 6.18. The number of anilines is 1. The first-order valence-corrected chi connectivity index (χ1v) is 9.47. The smallest absolute Gasteiger partial charge is 0.271 e. The van der Waals surface area contributed by atoms with Gasteiger partial charge >= 0.3 is 0 Å². The second-order valence-electron chi connectivity index (χ2n) is 6.67. The fraction of sp³-hybridized carbons (Fsp3) is 0.381. The number of nitro benzene ring substituents is 1. The molecule has 2 rings (SSSR count). The summed E-state index contributed by atoms with van der Waals surface area (Å²) in [6.45, 7) is 6.32. The van der Waals surface area contributed by atoms with Gasteiger partial charge in [0.15, 0.2) is 11.5 Å². The number of ether oxygens (including phenoxy) is 2. The maximum Gasteiger partial charge on any atom is 0.271 e. The molecule has 2 unspecified atom stereocenters. The zero-order valence-corrected chi connectivity index (χ0v) is 17.1. The maximum absolute atomic E-state index is 12.5. The normalized spacial score (nSPS) is 12.7. The largest absolute Gasteiger partial charge is 0.493 e. The van der Waals surface area contributed by atoms with Crippen LogP contribution < -0.4 is 20.1 Å². The highest BCUT2D eigenvalue weighted by molar-refractivity contribution is 5.94. The average molecular weight is 401 g/mol. The Labute approximate surface area is 170 Å². The molecule has 8 heteroatoms. The highest BCUT2D eigenvalue weighted by Gasteiger charge is 2.18. The number of amides is 1. The molecule has 1 amide bonds. The predicted molar refractivity (Wildman–Crippen MR) is 112 cm³/mol. The molecule has 0 heterocycles. The van der Waals surface area contributed by atoms with Gasteiger partial charge in [-0.3, -0.25) is 20.2 Å². The SMILES string of the molecule is CCCOc1ccc(C(C)NC(C)C(=O)Nc2cccc([N+](=O)[O-])c2)cc1OC. The van der Waals surface area contributed by atoms with Gasteiger partial charge in [-0.15, -0.1) is 0 Å². The molecule has 0 aliphatic carbocycles. The molecule has 2 aromatic rings. The van der Waals surface area contributed by atoms with Crippen LogP contribution in [0.15, 0.2) is 42.5 Å². The predicted octanol–water partition coefficient (Wildman–Crippen LogP) is 4.07. The molecule has 0 saturated heterocycles. The Kier molecular flexibility index (Phi) is 7.97. The number of benzene rings is 2. The molecule has 2 aromatic carbocycles. The first-order chi connectivity index (χ1) is 13.8. The Balaban J connectivity index is 2.02. The summed E-state index contributed by atoms with van der Waals surface area (Å²) in [6.07, 6.45) is 0.903. The molecular weight excluding hydrogens is 374 g/mol. The van der Waals surface area contributed by atoms with E-state index < -0.39 is 11.0 Å². The number of carbonyl (C=O) groups is 1. The monoisotopic (exact) mass is 401 g/mol. The molecule has 0 aromatic heterocycles. The fourth-order valence-corrected chi connectivity index (χ4v) is 2.78. The second kappa shape index (κ2) is 10.4. The molecule has 0 aliphatic rings. The Morgan fingerprint density at radius 2 is 1.93 bits per heavy atom. The van der Waals surface area contributed by atoms with Crippen LogP contribution in [-0.2, 0) is 4.79 Å². The highest BCUT2D eigenvalue weighted by Crippen LogP contribution is 2.30. The van der Waals surface area contributed by atoms with Crippen LogP contribution in [-0.4, -0.2) is 30.6 Å². The Bertz CT molecular complexity index is 856. The lowest BCUT2D eigenvalue weighted by Crippen LogP contribution is -2.39. The van der Waals surface area contributed by atoms with Crippen molar-refractivity contribution >= 4 is 17.3 Å². The third-order valence-corrected chi connectivity index (χ3v) is 4.37. The summed E-state index contributed by atoms with van der Waals surface area (Å²) in [5.41, 5.74) is 1.25. The highest BCUT2D eigenvalue weighted by atomic mass is 16.6. The summed E-state index contributed by atoms with van der Waals surface area (Å²) in [4.78, 5) is 22.8. The number of nitrogens with one attached hydrogen (secondary N) is 2. The number of nitro groups is 1. The van der Waals surface area contributed by atoms with Crippen molar-refractivity contribution in [3.05, 3.63) is 58.1 Å². The van der Waals surface area contributed by atoms with Crippen molar-refractivity contribution in [2.24, 2.45) is 0 Å². The molecule has 156 valence electrons. The lowest BCUT2D eigenvalue weighted by atomic mass is 10.1. The number of methoxy groups -OCH3 is 1. The van der Waals surface area contributed by atoms with Crippen LogP contribution in [0.2, 0.25) is 0 Å². The minimum atomic E-state index is -0.522. The van der Waals surface area contributed by atoms with Gasteiger partial charge < -0.3 is 14.8 Å². The third-order valence-electron chi connectivity index (χ3n) is 4.37. The van der Waals surface area contributed by atoms with Crippen LogP contribution in [0, 0.1) is 10.1 Å². The summed E-state index contributed by atoms with van der Waals surface area (Å²) in [5.74, 6) is 1.03. The molecule has 29 heavy (non-hydrogen) atoms. The molecule has 2 N–H and O–H groups in total. The van der Waals surface area contributed by atoms with Crippen molar-refractivity contribution in [2.75, 3.05) is 19.0 Å². The van der Waals surface area contributed by atoms with Gasteiger partial charge in [-0.1, -0.05) is 19.1 Å². The van der Waals surface area contributed by atoms with Gasteiger partial charge in [0.05, 0.1) is 24.7 Å². The number of hydrogen-bond donors (Lipinski definition) is 2. The van der Waals surface area contributed by atoms with Gasteiger partial charge in [-0.05, 0) is 44.0 Å².